The Morgan fingerprint density at radius 2 is 1.91 bits per heavy atom. The van der Waals surface area contributed by atoms with Crippen molar-refractivity contribution in [3.8, 4) is 0 Å². The smallest absolute Gasteiger partial charge is 0.274 e. The number of hydrogen-bond donors (Lipinski definition) is 2. The molecular formula is C16H28ClN5O. The molecule has 3 rings (SSSR count). The van der Waals surface area contributed by atoms with Gasteiger partial charge < -0.3 is 10.6 Å². The zero-order valence-electron chi connectivity index (χ0n) is 14.1. The number of hydrogen-bond acceptors (Lipinski definition) is 4. The third-order valence-electron chi connectivity index (χ3n) is 5.17. The largest absolute Gasteiger partial charge is 0.345 e. The van der Waals surface area contributed by atoms with Crippen molar-refractivity contribution in [2.24, 2.45) is 0 Å². The molecule has 7 heteroatoms. The van der Waals surface area contributed by atoms with Gasteiger partial charge in [0.2, 0.25) is 0 Å². The van der Waals surface area contributed by atoms with Gasteiger partial charge in [0.05, 0.1) is 11.7 Å². The van der Waals surface area contributed by atoms with Gasteiger partial charge in [-0.05, 0) is 52.6 Å². The van der Waals surface area contributed by atoms with Gasteiger partial charge in [-0.25, -0.2) is 4.68 Å². The maximum absolute atomic E-state index is 12.6. The van der Waals surface area contributed by atoms with Crippen molar-refractivity contribution in [2.75, 3.05) is 13.1 Å². The fourth-order valence-corrected chi connectivity index (χ4v) is 3.74. The minimum atomic E-state index is -0.0830. The molecule has 0 atom stereocenters. The van der Waals surface area contributed by atoms with Crippen LogP contribution in [0.15, 0.2) is 0 Å². The summed E-state index contributed by atoms with van der Waals surface area (Å²) in [6.45, 7) is 6.11. The highest BCUT2D eigenvalue weighted by Gasteiger charge is 2.31. The van der Waals surface area contributed by atoms with Crippen LogP contribution < -0.4 is 10.6 Å². The van der Waals surface area contributed by atoms with E-state index in [1.165, 1.54) is 19.3 Å². The molecule has 1 amide bonds. The minimum absolute atomic E-state index is 0. The Morgan fingerprint density at radius 1 is 1.26 bits per heavy atom. The van der Waals surface area contributed by atoms with Crippen molar-refractivity contribution in [1.82, 2.24) is 25.6 Å². The first kappa shape index (κ1) is 18.2. The first-order valence-electron chi connectivity index (χ1n) is 8.54. The van der Waals surface area contributed by atoms with Crippen LogP contribution in [-0.2, 0) is 0 Å². The second kappa shape index (κ2) is 7.62. The monoisotopic (exact) mass is 341 g/mol. The van der Waals surface area contributed by atoms with E-state index in [9.17, 15) is 4.79 Å². The third-order valence-corrected chi connectivity index (χ3v) is 5.17. The van der Waals surface area contributed by atoms with Gasteiger partial charge in [0.25, 0.3) is 5.91 Å². The summed E-state index contributed by atoms with van der Waals surface area (Å²) >= 11 is 0. The lowest BCUT2D eigenvalue weighted by atomic mass is 9.83. The number of carbonyl (C=O) groups is 1. The summed E-state index contributed by atoms with van der Waals surface area (Å²) in [6, 6.07) is 0.362. The number of piperidine rings is 1. The van der Waals surface area contributed by atoms with Crippen molar-refractivity contribution in [3.05, 3.63) is 11.4 Å². The highest BCUT2D eigenvalue weighted by atomic mass is 35.5. The SMILES string of the molecule is Cc1c(C(=O)NC2(C)CCCCC2)nnn1C1CCNCC1.Cl. The van der Waals surface area contributed by atoms with Gasteiger partial charge in [-0.2, -0.15) is 0 Å². The molecule has 23 heavy (non-hydrogen) atoms. The van der Waals surface area contributed by atoms with Crippen LogP contribution in [0.4, 0.5) is 0 Å². The maximum Gasteiger partial charge on any atom is 0.274 e. The summed E-state index contributed by atoms with van der Waals surface area (Å²) in [4.78, 5) is 12.6. The third kappa shape index (κ3) is 4.04. The van der Waals surface area contributed by atoms with Crippen LogP contribution in [0.1, 0.15) is 74.1 Å². The number of rotatable bonds is 3. The summed E-state index contributed by atoms with van der Waals surface area (Å²) in [5.74, 6) is -0.0675. The molecule has 2 aliphatic rings. The lowest BCUT2D eigenvalue weighted by Crippen LogP contribution is -2.47. The molecule has 2 fully saturated rings. The summed E-state index contributed by atoms with van der Waals surface area (Å²) in [5.41, 5.74) is 1.30. The second-order valence-electron chi connectivity index (χ2n) is 7.02. The number of aromatic nitrogens is 3. The molecule has 0 radical (unpaired) electrons. The molecule has 0 bridgehead atoms. The van der Waals surface area contributed by atoms with Gasteiger partial charge in [-0.1, -0.05) is 24.5 Å². The molecule has 1 aromatic heterocycles. The molecule has 1 aliphatic carbocycles. The highest BCUT2D eigenvalue weighted by molar-refractivity contribution is 5.93. The predicted molar refractivity (Wildman–Crippen MR) is 92.1 cm³/mol. The van der Waals surface area contributed by atoms with E-state index in [1.807, 2.05) is 11.6 Å². The van der Waals surface area contributed by atoms with Gasteiger partial charge in [0, 0.05) is 5.54 Å². The van der Waals surface area contributed by atoms with Crippen LogP contribution in [0.2, 0.25) is 0 Å². The molecule has 130 valence electrons. The number of carbonyl (C=O) groups excluding carboxylic acids is 1. The fraction of sp³-hybridized carbons (Fsp3) is 0.812. The van der Waals surface area contributed by atoms with E-state index in [0.717, 1.165) is 44.5 Å². The average molecular weight is 342 g/mol. The van der Waals surface area contributed by atoms with Crippen LogP contribution in [0.3, 0.4) is 0 Å². The van der Waals surface area contributed by atoms with Crippen LogP contribution in [0, 0.1) is 6.92 Å². The van der Waals surface area contributed by atoms with Gasteiger partial charge in [0.15, 0.2) is 5.69 Å². The Balaban J connectivity index is 0.00000192. The second-order valence-corrected chi connectivity index (χ2v) is 7.02. The summed E-state index contributed by atoms with van der Waals surface area (Å²) in [6.07, 6.45) is 7.86. The molecule has 1 saturated heterocycles. The molecule has 2 N–H and O–H groups in total. The zero-order valence-corrected chi connectivity index (χ0v) is 14.9. The van der Waals surface area contributed by atoms with E-state index in [2.05, 4.69) is 27.9 Å². The number of halogens is 1. The molecule has 1 saturated carbocycles. The summed E-state index contributed by atoms with van der Waals surface area (Å²) < 4.78 is 1.94. The van der Waals surface area contributed by atoms with Crippen molar-refractivity contribution < 1.29 is 4.79 Å². The molecule has 6 nitrogen and oxygen atoms in total. The number of nitrogens with zero attached hydrogens (tertiary/aromatic N) is 3. The van der Waals surface area contributed by atoms with E-state index in [4.69, 9.17) is 0 Å². The molecule has 0 aromatic carbocycles. The van der Waals surface area contributed by atoms with E-state index in [0.29, 0.717) is 11.7 Å². The van der Waals surface area contributed by atoms with E-state index in [-0.39, 0.29) is 23.9 Å². The molecule has 0 unspecified atom stereocenters. The maximum atomic E-state index is 12.6. The Hall–Kier alpha value is -1.14. The standard InChI is InChI=1S/C16H27N5O.ClH/c1-12-14(15(22)18-16(2)8-4-3-5-9-16)19-20-21(12)13-6-10-17-11-7-13;/h13,17H,3-11H2,1-2H3,(H,18,22);1H. The van der Waals surface area contributed by atoms with Gasteiger partial charge >= 0.3 is 0 Å². The zero-order chi connectivity index (χ0) is 15.6. The van der Waals surface area contributed by atoms with Crippen LogP contribution in [-0.4, -0.2) is 39.5 Å². The number of nitrogens with one attached hydrogen (secondary N) is 2. The lowest BCUT2D eigenvalue weighted by molar-refractivity contribution is 0.0876. The van der Waals surface area contributed by atoms with E-state index in [1.54, 1.807) is 0 Å². The summed E-state index contributed by atoms with van der Waals surface area (Å²) in [7, 11) is 0. The molecule has 1 aromatic rings. The summed E-state index contributed by atoms with van der Waals surface area (Å²) in [5, 5.41) is 15.0. The van der Waals surface area contributed by atoms with Crippen molar-refractivity contribution in [1.29, 1.82) is 0 Å². The topological polar surface area (TPSA) is 71.8 Å². The number of amides is 1. The van der Waals surface area contributed by atoms with Gasteiger partial charge in [-0.15, -0.1) is 17.5 Å². The molecule has 1 aliphatic heterocycles. The molecular weight excluding hydrogens is 314 g/mol. The highest BCUT2D eigenvalue weighted by Crippen LogP contribution is 2.28. The van der Waals surface area contributed by atoms with E-state index >= 15 is 0 Å². The first-order valence-corrected chi connectivity index (χ1v) is 8.54. The lowest BCUT2D eigenvalue weighted by Gasteiger charge is -2.34. The van der Waals surface area contributed by atoms with Crippen LogP contribution in [0.25, 0.3) is 0 Å². The normalized spacial score (nSPS) is 21.5. The van der Waals surface area contributed by atoms with E-state index < -0.39 is 0 Å². The Morgan fingerprint density at radius 3 is 2.57 bits per heavy atom. The molecule has 0 spiro atoms. The average Bonchev–Trinajstić information content (AvgIpc) is 2.90. The van der Waals surface area contributed by atoms with Crippen LogP contribution in [0.5, 0.6) is 0 Å². The van der Waals surface area contributed by atoms with Crippen molar-refractivity contribution in [2.45, 2.75) is 70.4 Å². The Bertz CT molecular complexity index is 533. The van der Waals surface area contributed by atoms with Crippen LogP contribution >= 0.6 is 12.4 Å². The minimum Gasteiger partial charge on any atom is -0.345 e. The van der Waals surface area contributed by atoms with Gasteiger partial charge in [0.1, 0.15) is 0 Å². The Labute approximate surface area is 144 Å². The molecule has 2 heterocycles. The first-order chi connectivity index (χ1) is 10.6. The van der Waals surface area contributed by atoms with Crippen molar-refractivity contribution in [3.63, 3.8) is 0 Å². The quantitative estimate of drug-likeness (QED) is 0.885. The fourth-order valence-electron chi connectivity index (χ4n) is 3.74. The van der Waals surface area contributed by atoms with Gasteiger partial charge in [-0.3, -0.25) is 4.79 Å². The predicted octanol–water partition coefficient (Wildman–Crippen LogP) is 2.39. The van der Waals surface area contributed by atoms with Crippen molar-refractivity contribution >= 4 is 18.3 Å². The Kier molecular flexibility index (Phi) is 6.03.